The summed E-state index contributed by atoms with van der Waals surface area (Å²) in [5, 5.41) is 2.86. The van der Waals surface area contributed by atoms with E-state index in [0.717, 1.165) is 0 Å². The van der Waals surface area contributed by atoms with E-state index >= 15 is 0 Å². The standard InChI is InChI=1S/C12H12FNO3/c1-2-17-12-9(10(15)11(12)16)14-8-5-3-7(13)4-6-8/h3-6,9,12,14H,2H2,1H3. The second-order valence-electron chi connectivity index (χ2n) is 3.73. The molecule has 5 heteroatoms. The van der Waals surface area contributed by atoms with Crippen molar-refractivity contribution in [2.45, 2.75) is 19.1 Å². The van der Waals surface area contributed by atoms with Gasteiger partial charge in [-0.2, -0.15) is 0 Å². The number of anilines is 1. The van der Waals surface area contributed by atoms with Crippen LogP contribution in [-0.2, 0) is 14.3 Å². The fraction of sp³-hybridized carbons (Fsp3) is 0.333. The molecule has 1 aromatic carbocycles. The van der Waals surface area contributed by atoms with Gasteiger partial charge in [0.2, 0.25) is 11.6 Å². The van der Waals surface area contributed by atoms with Gasteiger partial charge in [-0.3, -0.25) is 9.59 Å². The van der Waals surface area contributed by atoms with Crippen LogP contribution in [0.3, 0.4) is 0 Å². The smallest absolute Gasteiger partial charge is 0.231 e. The molecule has 0 heterocycles. The minimum Gasteiger partial charge on any atom is -0.372 e. The first-order valence-corrected chi connectivity index (χ1v) is 5.35. The highest BCUT2D eigenvalue weighted by Crippen LogP contribution is 2.21. The molecule has 0 aliphatic heterocycles. The van der Waals surface area contributed by atoms with Crippen LogP contribution in [0.5, 0.6) is 0 Å². The van der Waals surface area contributed by atoms with Crippen molar-refractivity contribution in [3.05, 3.63) is 30.1 Å². The van der Waals surface area contributed by atoms with Gasteiger partial charge in [0.05, 0.1) is 0 Å². The first-order chi connectivity index (χ1) is 8.13. The number of benzene rings is 1. The Morgan fingerprint density at radius 3 is 2.47 bits per heavy atom. The Morgan fingerprint density at radius 1 is 1.24 bits per heavy atom. The Kier molecular flexibility index (Phi) is 3.19. The summed E-state index contributed by atoms with van der Waals surface area (Å²) < 4.78 is 17.8. The van der Waals surface area contributed by atoms with Crippen LogP contribution >= 0.6 is 0 Å². The van der Waals surface area contributed by atoms with Crippen molar-refractivity contribution in [3.8, 4) is 0 Å². The van der Waals surface area contributed by atoms with Crippen LogP contribution in [-0.4, -0.2) is 30.3 Å². The van der Waals surface area contributed by atoms with Crippen LogP contribution in [0.25, 0.3) is 0 Å². The number of Topliss-reactive ketones (excluding diaryl/α,β-unsaturated/α-hetero) is 2. The molecular formula is C12H12FNO3. The summed E-state index contributed by atoms with van der Waals surface area (Å²) in [4.78, 5) is 22.6. The van der Waals surface area contributed by atoms with Crippen molar-refractivity contribution in [1.82, 2.24) is 0 Å². The molecule has 4 nitrogen and oxygen atoms in total. The molecule has 1 saturated carbocycles. The van der Waals surface area contributed by atoms with Gasteiger partial charge >= 0.3 is 0 Å². The molecule has 17 heavy (non-hydrogen) atoms. The average molecular weight is 237 g/mol. The summed E-state index contributed by atoms with van der Waals surface area (Å²) in [5.41, 5.74) is 0.585. The minimum atomic E-state index is -0.724. The largest absolute Gasteiger partial charge is 0.372 e. The maximum Gasteiger partial charge on any atom is 0.231 e. The molecule has 1 fully saturated rings. The van der Waals surface area contributed by atoms with E-state index in [1.165, 1.54) is 24.3 Å². The van der Waals surface area contributed by atoms with E-state index in [1.54, 1.807) is 6.92 Å². The first kappa shape index (κ1) is 11.7. The number of hydrogen-bond donors (Lipinski definition) is 1. The molecule has 0 bridgehead atoms. The van der Waals surface area contributed by atoms with Crippen LogP contribution in [0.1, 0.15) is 6.92 Å². The summed E-state index contributed by atoms with van der Waals surface area (Å²) in [6.45, 7) is 2.12. The lowest BCUT2D eigenvalue weighted by atomic mass is 9.85. The van der Waals surface area contributed by atoms with Crippen LogP contribution in [0.2, 0.25) is 0 Å². The van der Waals surface area contributed by atoms with Gasteiger partial charge in [0.15, 0.2) is 6.10 Å². The van der Waals surface area contributed by atoms with Crippen molar-refractivity contribution >= 4 is 17.3 Å². The normalized spacial score (nSPS) is 23.4. The number of carbonyl (C=O) groups is 2. The van der Waals surface area contributed by atoms with Gasteiger partial charge in [0.25, 0.3) is 0 Å². The third-order valence-electron chi connectivity index (χ3n) is 2.60. The highest BCUT2D eigenvalue weighted by atomic mass is 19.1. The molecule has 2 rings (SSSR count). The van der Waals surface area contributed by atoms with E-state index in [1.807, 2.05) is 0 Å². The lowest BCUT2D eigenvalue weighted by Crippen LogP contribution is -2.62. The number of carbonyl (C=O) groups excluding carboxylic acids is 2. The number of rotatable bonds is 4. The highest BCUT2D eigenvalue weighted by Gasteiger charge is 2.50. The van der Waals surface area contributed by atoms with Crippen LogP contribution in [0, 0.1) is 5.82 Å². The van der Waals surface area contributed by atoms with Gasteiger partial charge in [0, 0.05) is 12.3 Å². The Bertz CT molecular complexity index is 444. The molecular weight excluding hydrogens is 225 g/mol. The number of ketones is 2. The van der Waals surface area contributed by atoms with E-state index < -0.39 is 23.7 Å². The van der Waals surface area contributed by atoms with E-state index in [2.05, 4.69) is 5.32 Å². The minimum absolute atomic E-state index is 0.354. The second-order valence-corrected chi connectivity index (χ2v) is 3.73. The molecule has 90 valence electrons. The highest BCUT2D eigenvalue weighted by molar-refractivity contribution is 6.49. The van der Waals surface area contributed by atoms with Crippen molar-refractivity contribution in [2.75, 3.05) is 11.9 Å². The van der Waals surface area contributed by atoms with Crippen molar-refractivity contribution in [3.63, 3.8) is 0 Å². The zero-order valence-corrected chi connectivity index (χ0v) is 9.27. The maximum atomic E-state index is 12.7. The fourth-order valence-corrected chi connectivity index (χ4v) is 1.70. The molecule has 1 aromatic rings. The third-order valence-corrected chi connectivity index (χ3v) is 2.60. The summed E-state index contributed by atoms with van der Waals surface area (Å²) in [7, 11) is 0. The number of hydrogen-bond acceptors (Lipinski definition) is 4. The Morgan fingerprint density at radius 2 is 1.88 bits per heavy atom. The molecule has 1 aliphatic carbocycles. The van der Waals surface area contributed by atoms with Crippen LogP contribution in [0.4, 0.5) is 10.1 Å². The van der Waals surface area contributed by atoms with Gasteiger partial charge in [-0.1, -0.05) is 0 Å². The van der Waals surface area contributed by atoms with Crippen molar-refractivity contribution < 1.29 is 18.7 Å². The van der Waals surface area contributed by atoms with E-state index in [4.69, 9.17) is 4.74 Å². The first-order valence-electron chi connectivity index (χ1n) is 5.35. The number of ether oxygens (including phenoxy) is 1. The molecule has 0 saturated heterocycles. The molecule has 0 amide bonds. The predicted octanol–water partition coefficient (Wildman–Crippen LogP) is 1.16. The van der Waals surface area contributed by atoms with E-state index in [-0.39, 0.29) is 5.82 Å². The summed E-state index contributed by atoms with van der Waals surface area (Å²) in [5.74, 6) is -1.35. The predicted molar refractivity (Wildman–Crippen MR) is 59.2 cm³/mol. The fourth-order valence-electron chi connectivity index (χ4n) is 1.70. The lowest BCUT2D eigenvalue weighted by molar-refractivity contribution is -0.156. The Balaban J connectivity index is 2.05. The van der Waals surface area contributed by atoms with E-state index in [9.17, 15) is 14.0 Å². The second kappa shape index (κ2) is 4.63. The average Bonchev–Trinajstić information content (AvgIpc) is 2.35. The zero-order chi connectivity index (χ0) is 12.4. The van der Waals surface area contributed by atoms with Crippen LogP contribution < -0.4 is 5.32 Å². The summed E-state index contributed by atoms with van der Waals surface area (Å²) in [6.07, 6.45) is -0.724. The number of nitrogens with one attached hydrogen (secondary N) is 1. The van der Waals surface area contributed by atoms with Gasteiger partial charge in [-0.15, -0.1) is 0 Å². The van der Waals surface area contributed by atoms with Crippen molar-refractivity contribution in [1.29, 1.82) is 0 Å². The zero-order valence-electron chi connectivity index (χ0n) is 9.27. The topological polar surface area (TPSA) is 55.4 Å². The Hall–Kier alpha value is -1.75. The third kappa shape index (κ3) is 2.19. The molecule has 2 unspecified atom stereocenters. The number of halogens is 1. The monoisotopic (exact) mass is 237 g/mol. The molecule has 2 atom stereocenters. The molecule has 1 aliphatic rings. The van der Waals surface area contributed by atoms with Gasteiger partial charge in [-0.05, 0) is 31.2 Å². The van der Waals surface area contributed by atoms with Crippen LogP contribution in [0.15, 0.2) is 24.3 Å². The summed E-state index contributed by atoms with van der Waals surface area (Å²) in [6, 6.07) is 4.92. The molecule has 0 radical (unpaired) electrons. The SMILES string of the molecule is CCOC1C(=O)C(=O)C1Nc1ccc(F)cc1. The molecule has 0 spiro atoms. The van der Waals surface area contributed by atoms with Gasteiger partial charge in [0.1, 0.15) is 11.9 Å². The molecule has 0 aromatic heterocycles. The molecule has 1 N–H and O–H groups in total. The van der Waals surface area contributed by atoms with Crippen molar-refractivity contribution in [2.24, 2.45) is 0 Å². The lowest BCUT2D eigenvalue weighted by Gasteiger charge is -2.33. The van der Waals surface area contributed by atoms with Gasteiger partial charge < -0.3 is 10.1 Å². The van der Waals surface area contributed by atoms with E-state index in [0.29, 0.717) is 12.3 Å². The summed E-state index contributed by atoms with van der Waals surface area (Å²) >= 11 is 0. The van der Waals surface area contributed by atoms with Gasteiger partial charge in [-0.25, -0.2) is 4.39 Å². The maximum absolute atomic E-state index is 12.7. The Labute approximate surface area is 97.8 Å². The quantitative estimate of drug-likeness (QED) is 0.798.